The summed E-state index contributed by atoms with van der Waals surface area (Å²) < 4.78 is 18.3. The molecule has 27 heavy (non-hydrogen) atoms. The Labute approximate surface area is 159 Å². The first-order valence-electron chi connectivity index (χ1n) is 9.01. The standard InChI is InChI=1S/C21H26N2O4/c1-14(2)21-22-19-7-5-6-8-20(19)23(21)12-15(24)13-27-18-10-16(25-3)9-17(11-18)26-4/h5-11,14-15,24H,12-13H2,1-4H3/t15-/m0/s1. The molecule has 0 unspecified atom stereocenters. The van der Waals surface area contributed by atoms with E-state index in [4.69, 9.17) is 19.2 Å². The molecule has 0 bridgehead atoms. The molecular weight excluding hydrogens is 344 g/mol. The lowest BCUT2D eigenvalue weighted by atomic mass is 10.2. The lowest BCUT2D eigenvalue weighted by molar-refractivity contribution is 0.0923. The van der Waals surface area contributed by atoms with Crippen LogP contribution in [0, 0.1) is 0 Å². The van der Waals surface area contributed by atoms with Gasteiger partial charge in [0.1, 0.15) is 35.8 Å². The fourth-order valence-corrected chi connectivity index (χ4v) is 3.05. The van der Waals surface area contributed by atoms with Gasteiger partial charge in [-0.1, -0.05) is 26.0 Å². The Balaban J connectivity index is 1.74. The molecule has 0 aliphatic rings. The first kappa shape index (κ1) is 19.0. The van der Waals surface area contributed by atoms with Crippen LogP contribution in [0.2, 0.25) is 0 Å². The molecule has 0 spiro atoms. The van der Waals surface area contributed by atoms with Crippen LogP contribution in [-0.4, -0.2) is 41.6 Å². The second-order valence-electron chi connectivity index (χ2n) is 6.74. The van der Waals surface area contributed by atoms with Crippen molar-refractivity contribution < 1.29 is 19.3 Å². The smallest absolute Gasteiger partial charge is 0.126 e. The topological polar surface area (TPSA) is 65.7 Å². The minimum atomic E-state index is -0.683. The Morgan fingerprint density at radius 3 is 2.26 bits per heavy atom. The molecule has 3 rings (SSSR count). The number of benzene rings is 2. The molecule has 6 nitrogen and oxygen atoms in total. The highest BCUT2D eigenvalue weighted by molar-refractivity contribution is 5.76. The molecule has 0 aliphatic heterocycles. The third-order valence-corrected chi connectivity index (χ3v) is 4.36. The van der Waals surface area contributed by atoms with E-state index < -0.39 is 6.10 Å². The summed E-state index contributed by atoms with van der Waals surface area (Å²) in [6.07, 6.45) is -0.683. The number of rotatable bonds is 8. The number of methoxy groups -OCH3 is 2. The number of aliphatic hydroxyl groups is 1. The van der Waals surface area contributed by atoms with Crippen LogP contribution in [0.4, 0.5) is 0 Å². The van der Waals surface area contributed by atoms with Gasteiger partial charge in [-0.3, -0.25) is 0 Å². The zero-order chi connectivity index (χ0) is 19.4. The highest BCUT2D eigenvalue weighted by atomic mass is 16.5. The second-order valence-corrected chi connectivity index (χ2v) is 6.74. The Kier molecular flexibility index (Phi) is 5.86. The normalized spacial score (nSPS) is 12.4. The molecule has 1 atom stereocenters. The molecule has 2 aromatic carbocycles. The van der Waals surface area contributed by atoms with E-state index >= 15 is 0 Å². The zero-order valence-corrected chi connectivity index (χ0v) is 16.2. The molecular formula is C21H26N2O4. The van der Waals surface area contributed by atoms with Gasteiger partial charge < -0.3 is 23.9 Å². The number of ether oxygens (including phenoxy) is 3. The molecule has 0 radical (unpaired) electrons. The first-order chi connectivity index (χ1) is 13.0. The van der Waals surface area contributed by atoms with E-state index in [1.807, 2.05) is 24.3 Å². The van der Waals surface area contributed by atoms with Crippen molar-refractivity contribution in [1.82, 2.24) is 9.55 Å². The largest absolute Gasteiger partial charge is 0.496 e. The molecule has 0 saturated heterocycles. The van der Waals surface area contributed by atoms with Crippen molar-refractivity contribution in [3.05, 3.63) is 48.3 Å². The van der Waals surface area contributed by atoms with Crippen LogP contribution in [0.5, 0.6) is 17.2 Å². The van der Waals surface area contributed by atoms with E-state index in [1.165, 1.54) is 0 Å². The average molecular weight is 370 g/mol. The Hall–Kier alpha value is -2.73. The molecule has 1 heterocycles. The van der Waals surface area contributed by atoms with Crippen LogP contribution in [0.1, 0.15) is 25.6 Å². The summed E-state index contributed by atoms with van der Waals surface area (Å²) in [5.41, 5.74) is 1.95. The predicted molar refractivity (Wildman–Crippen MR) is 105 cm³/mol. The highest BCUT2D eigenvalue weighted by Crippen LogP contribution is 2.28. The van der Waals surface area contributed by atoms with Crippen LogP contribution in [-0.2, 0) is 6.54 Å². The molecule has 6 heteroatoms. The minimum Gasteiger partial charge on any atom is -0.496 e. The fourth-order valence-electron chi connectivity index (χ4n) is 3.05. The van der Waals surface area contributed by atoms with E-state index in [2.05, 4.69) is 18.4 Å². The summed E-state index contributed by atoms with van der Waals surface area (Å²) in [5.74, 6) is 3.08. The van der Waals surface area contributed by atoms with E-state index in [9.17, 15) is 5.11 Å². The summed E-state index contributed by atoms with van der Waals surface area (Å²) in [7, 11) is 3.18. The van der Waals surface area contributed by atoms with Crippen LogP contribution >= 0.6 is 0 Å². The SMILES string of the molecule is COc1cc(OC)cc(OC[C@@H](O)Cn2c(C(C)C)nc3ccccc32)c1. The molecule has 0 aliphatic carbocycles. The zero-order valence-electron chi connectivity index (χ0n) is 16.2. The second kappa shape index (κ2) is 8.31. The number of hydrogen-bond acceptors (Lipinski definition) is 5. The molecule has 1 N–H and O–H groups in total. The van der Waals surface area contributed by atoms with Crippen LogP contribution in [0.15, 0.2) is 42.5 Å². The van der Waals surface area contributed by atoms with Crippen molar-refractivity contribution in [2.75, 3.05) is 20.8 Å². The molecule has 3 aromatic rings. The van der Waals surface area contributed by atoms with Gasteiger partial charge >= 0.3 is 0 Å². The maximum Gasteiger partial charge on any atom is 0.126 e. The van der Waals surface area contributed by atoms with E-state index in [-0.39, 0.29) is 12.5 Å². The third-order valence-electron chi connectivity index (χ3n) is 4.36. The molecule has 0 fully saturated rings. The van der Waals surface area contributed by atoms with E-state index in [0.29, 0.717) is 23.8 Å². The van der Waals surface area contributed by atoms with Crippen LogP contribution < -0.4 is 14.2 Å². The van der Waals surface area contributed by atoms with Crippen LogP contribution in [0.25, 0.3) is 11.0 Å². The van der Waals surface area contributed by atoms with Crippen molar-refractivity contribution in [3.8, 4) is 17.2 Å². The summed E-state index contributed by atoms with van der Waals surface area (Å²) >= 11 is 0. The number of fused-ring (bicyclic) bond motifs is 1. The van der Waals surface area contributed by atoms with E-state index in [1.54, 1.807) is 32.4 Å². The van der Waals surface area contributed by atoms with Crippen molar-refractivity contribution in [2.24, 2.45) is 0 Å². The Morgan fingerprint density at radius 1 is 1.00 bits per heavy atom. The summed E-state index contributed by atoms with van der Waals surface area (Å²) in [4.78, 5) is 4.71. The van der Waals surface area contributed by atoms with Crippen molar-refractivity contribution in [1.29, 1.82) is 0 Å². The lowest BCUT2D eigenvalue weighted by Crippen LogP contribution is -2.24. The predicted octanol–water partition coefficient (Wildman–Crippen LogP) is 3.62. The monoisotopic (exact) mass is 370 g/mol. The molecule has 0 amide bonds. The molecule has 0 saturated carbocycles. The van der Waals surface area contributed by atoms with E-state index in [0.717, 1.165) is 16.9 Å². The quantitative estimate of drug-likeness (QED) is 0.656. The number of aromatic nitrogens is 2. The summed E-state index contributed by atoms with van der Waals surface area (Å²) in [6, 6.07) is 13.3. The maximum atomic E-state index is 10.6. The number of aliphatic hydroxyl groups excluding tert-OH is 1. The number of nitrogens with zero attached hydrogens (tertiary/aromatic N) is 2. The molecule has 1 aromatic heterocycles. The van der Waals surface area contributed by atoms with Gasteiger partial charge in [0, 0.05) is 24.1 Å². The van der Waals surface area contributed by atoms with Gasteiger partial charge in [0.25, 0.3) is 0 Å². The number of imidazole rings is 1. The maximum absolute atomic E-state index is 10.6. The van der Waals surface area contributed by atoms with Gasteiger partial charge in [0.2, 0.25) is 0 Å². The van der Waals surface area contributed by atoms with Crippen molar-refractivity contribution >= 4 is 11.0 Å². The summed E-state index contributed by atoms with van der Waals surface area (Å²) in [5, 5.41) is 10.6. The lowest BCUT2D eigenvalue weighted by Gasteiger charge is -2.17. The van der Waals surface area contributed by atoms with Crippen molar-refractivity contribution in [2.45, 2.75) is 32.4 Å². The van der Waals surface area contributed by atoms with Crippen molar-refractivity contribution in [3.63, 3.8) is 0 Å². The Bertz CT molecular complexity index is 882. The fraction of sp³-hybridized carbons (Fsp3) is 0.381. The van der Waals surface area contributed by atoms with Gasteiger partial charge in [-0.25, -0.2) is 4.98 Å². The average Bonchev–Trinajstić information content (AvgIpc) is 3.05. The van der Waals surface area contributed by atoms with Gasteiger partial charge in [-0.05, 0) is 12.1 Å². The van der Waals surface area contributed by atoms with Crippen LogP contribution in [0.3, 0.4) is 0 Å². The first-order valence-corrected chi connectivity index (χ1v) is 9.01. The van der Waals surface area contributed by atoms with Gasteiger partial charge in [-0.2, -0.15) is 0 Å². The Morgan fingerprint density at radius 2 is 1.63 bits per heavy atom. The number of hydrogen-bond donors (Lipinski definition) is 1. The third kappa shape index (κ3) is 4.34. The summed E-state index contributed by atoms with van der Waals surface area (Å²) in [6.45, 7) is 4.77. The van der Waals surface area contributed by atoms with Gasteiger partial charge in [-0.15, -0.1) is 0 Å². The number of para-hydroxylation sites is 2. The minimum absolute atomic E-state index is 0.153. The van der Waals surface area contributed by atoms with Gasteiger partial charge in [0.15, 0.2) is 0 Å². The molecule has 144 valence electrons. The highest BCUT2D eigenvalue weighted by Gasteiger charge is 2.17. The van der Waals surface area contributed by atoms with Gasteiger partial charge in [0.05, 0.1) is 31.8 Å².